The summed E-state index contributed by atoms with van der Waals surface area (Å²) in [6, 6.07) is 3.21. The smallest absolute Gasteiger partial charge is 0.335 e. The largest absolute Gasteiger partial charge is 0.478 e. The number of nitrogens with two attached hydrogens (primary N) is 1. The van der Waals surface area contributed by atoms with Gasteiger partial charge in [0, 0.05) is 13.0 Å². The Kier molecular flexibility index (Phi) is 3.22. The number of amides is 2. The Morgan fingerprint density at radius 2 is 1.95 bits per heavy atom. The Labute approximate surface area is 113 Å². The van der Waals surface area contributed by atoms with Crippen LogP contribution in [0.25, 0.3) is 0 Å². The van der Waals surface area contributed by atoms with Gasteiger partial charge in [-0.2, -0.15) is 0 Å². The number of carboxylic acids is 1. The second-order valence-electron chi connectivity index (χ2n) is 4.11. The van der Waals surface area contributed by atoms with E-state index < -0.39 is 27.8 Å². The molecular weight excluding hydrogens is 288 g/mol. The molecule has 0 spiro atoms. The number of carbonyl (C=O) groups excluding carboxylic acids is 2. The third-order valence-corrected chi connectivity index (χ3v) is 4.64. The van der Waals surface area contributed by atoms with Crippen molar-refractivity contribution in [3.63, 3.8) is 0 Å². The van der Waals surface area contributed by atoms with Crippen molar-refractivity contribution in [2.45, 2.75) is 11.3 Å². The molecule has 9 heteroatoms. The average Bonchev–Trinajstić information content (AvgIpc) is 2.55. The van der Waals surface area contributed by atoms with E-state index in [1.54, 1.807) is 0 Å². The molecule has 2 rings (SSSR count). The number of primary amides is 1. The van der Waals surface area contributed by atoms with E-state index in [9.17, 15) is 22.8 Å². The Morgan fingerprint density at radius 3 is 2.50 bits per heavy atom. The number of aromatic carboxylic acids is 1. The fourth-order valence-electron chi connectivity index (χ4n) is 1.84. The summed E-state index contributed by atoms with van der Waals surface area (Å²) in [5.74, 6) is -2.83. The summed E-state index contributed by atoms with van der Waals surface area (Å²) in [6.07, 6.45) is -0.301. The second kappa shape index (κ2) is 4.60. The van der Waals surface area contributed by atoms with Gasteiger partial charge in [0.05, 0.1) is 11.1 Å². The molecule has 0 atom stereocenters. The van der Waals surface area contributed by atoms with Gasteiger partial charge >= 0.3 is 5.97 Å². The van der Waals surface area contributed by atoms with Crippen LogP contribution in [-0.2, 0) is 14.8 Å². The summed E-state index contributed by atoms with van der Waals surface area (Å²) in [7, 11) is -4.13. The molecule has 0 aromatic heterocycles. The number of sulfonamides is 1. The van der Waals surface area contributed by atoms with E-state index in [0.717, 1.165) is 18.2 Å². The van der Waals surface area contributed by atoms with Gasteiger partial charge in [-0.15, -0.1) is 0 Å². The zero-order valence-corrected chi connectivity index (χ0v) is 10.9. The van der Waals surface area contributed by atoms with E-state index >= 15 is 0 Å². The summed E-state index contributed by atoms with van der Waals surface area (Å²) in [5.41, 5.74) is 4.57. The number of benzene rings is 1. The Morgan fingerprint density at radius 1 is 1.30 bits per heavy atom. The molecule has 1 aliphatic heterocycles. The number of hydrogen-bond acceptors (Lipinski definition) is 5. The fraction of sp³-hybridized carbons (Fsp3) is 0.182. The van der Waals surface area contributed by atoms with Gasteiger partial charge in [-0.3, -0.25) is 9.59 Å². The highest BCUT2D eigenvalue weighted by molar-refractivity contribution is 7.90. The molecular formula is C11H10N2O6S. The van der Waals surface area contributed by atoms with Gasteiger partial charge in [0.15, 0.2) is 0 Å². The monoisotopic (exact) mass is 298 g/mol. The third kappa shape index (κ3) is 2.11. The van der Waals surface area contributed by atoms with Gasteiger partial charge in [-0.05, 0) is 18.2 Å². The standard InChI is InChI=1S/C11H10N2O6S/c12-9(14)3-4-13-10(15)7-2-1-6(11(16)17)5-8(7)20(13,18)19/h1-2,5H,3-4H2,(H2,12,14)(H,16,17). The van der Waals surface area contributed by atoms with Crippen LogP contribution < -0.4 is 5.73 Å². The molecule has 1 aromatic rings. The maximum Gasteiger partial charge on any atom is 0.335 e. The van der Waals surface area contributed by atoms with Crippen molar-refractivity contribution in [1.82, 2.24) is 4.31 Å². The lowest BCUT2D eigenvalue weighted by Gasteiger charge is -2.13. The molecule has 0 saturated carbocycles. The highest BCUT2D eigenvalue weighted by atomic mass is 32.2. The number of carboxylic acid groups (broad SMARTS) is 1. The molecule has 106 valence electrons. The van der Waals surface area contributed by atoms with Crippen LogP contribution in [0.4, 0.5) is 0 Å². The van der Waals surface area contributed by atoms with Crippen molar-refractivity contribution in [1.29, 1.82) is 0 Å². The van der Waals surface area contributed by atoms with Gasteiger partial charge < -0.3 is 10.8 Å². The van der Waals surface area contributed by atoms with Crippen molar-refractivity contribution in [3.05, 3.63) is 29.3 Å². The van der Waals surface area contributed by atoms with Gasteiger partial charge in [-0.25, -0.2) is 17.5 Å². The Bertz CT molecular complexity index is 724. The zero-order chi connectivity index (χ0) is 15.1. The summed E-state index contributed by atoms with van der Waals surface area (Å²) in [4.78, 5) is 33.1. The second-order valence-corrected chi connectivity index (χ2v) is 5.95. The lowest BCUT2D eigenvalue weighted by molar-refractivity contribution is -0.118. The normalized spacial score (nSPS) is 16.0. The van der Waals surface area contributed by atoms with Crippen LogP contribution in [-0.4, -0.2) is 42.2 Å². The molecule has 0 fully saturated rings. The van der Waals surface area contributed by atoms with Crippen LogP contribution in [0.1, 0.15) is 27.1 Å². The molecule has 0 bridgehead atoms. The minimum absolute atomic E-state index is 0.112. The highest BCUT2D eigenvalue weighted by Gasteiger charge is 2.41. The fourth-order valence-corrected chi connectivity index (χ4v) is 3.44. The first-order valence-electron chi connectivity index (χ1n) is 5.48. The lowest BCUT2D eigenvalue weighted by Crippen LogP contribution is -2.33. The van der Waals surface area contributed by atoms with Crippen LogP contribution in [0.5, 0.6) is 0 Å². The van der Waals surface area contributed by atoms with Crippen molar-refractivity contribution < 1.29 is 27.9 Å². The van der Waals surface area contributed by atoms with E-state index in [-0.39, 0.29) is 29.0 Å². The lowest BCUT2D eigenvalue weighted by atomic mass is 10.1. The molecule has 0 aliphatic carbocycles. The van der Waals surface area contributed by atoms with E-state index in [1.807, 2.05) is 0 Å². The first-order chi connectivity index (χ1) is 9.25. The number of fused-ring (bicyclic) bond motifs is 1. The predicted octanol–water partition coefficient (Wildman–Crippen LogP) is -0.595. The maximum atomic E-state index is 12.1. The summed E-state index contributed by atoms with van der Waals surface area (Å²) >= 11 is 0. The first kappa shape index (κ1) is 14.0. The molecule has 1 aromatic carbocycles. The minimum Gasteiger partial charge on any atom is -0.478 e. The van der Waals surface area contributed by atoms with E-state index in [0.29, 0.717) is 4.31 Å². The summed E-state index contributed by atoms with van der Waals surface area (Å²) in [6.45, 7) is -0.367. The number of rotatable bonds is 4. The van der Waals surface area contributed by atoms with Crippen molar-refractivity contribution in [2.75, 3.05) is 6.54 Å². The predicted molar refractivity (Wildman–Crippen MR) is 65.4 cm³/mol. The highest BCUT2D eigenvalue weighted by Crippen LogP contribution is 2.31. The van der Waals surface area contributed by atoms with E-state index in [1.165, 1.54) is 0 Å². The minimum atomic E-state index is -4.13. The molecule has 20 heavy (non-hydrogen) atoms. The van der Waals surface area contributed by atoms with Crippen LogP contribution in [0.15, 0.2) is 23.1 Å². The van der Waals surface area contributed by atoms with Gasteiger partial charge in [0.25, 0.3) is 15.9 Å². The molecule has 0 unspecified atom stereocenters. The van der Waals surface area contributed by atoms with Crippen molar-refractivity contribution in [3.8, 4) is 0 Å². The Balaban J connectivity index is 2.48. The zero-order valence-electron chi connectivity index (χ0n) is 10.1. The number of carbonyl (C=O) groups is 3. The third-order valence-electron chi connectivity index (χ3n) is 2.81. The SMILES string of the molecule is NC(=O)CCN1C(=O)c2ccc(C(=O)O)cc2S1(=O)=O. The summed E-state index contributed by atoms with van der Waals surface area (Å²) < 4.78 is 24.8. The molecule has 0 saturated heterocycles. The quantitative estimate of drug-likeness (QED) is 0.762. The van der Waals surface area contributed by atoms with Gasteiger partial charge in [-0.1, -0.05) is 0 Å². The molecule has 1 heterocycles. The van der Waals surface area contributed by atoms with Crippen LogP contribution in [0.3, 0.4) is 0 Å². The Hall–Kier alpha value is -2.42. The van der Waals surface area contributed by atoms with Crippen molar-refractivity contribution in [2.24, 2.45) is 5.73 Å². The topological polar surface area (TPSA) is 135 Å². The maximum absolute atomic E-state index is 12.1. The molecule has 3 N–H and O–H groups in total. The van der Waals surface area contributed by atoms with Crippen LogP contribution in [0.2, 0.25) is 0 Å². The molecule has 8 nitrogen and oxygen atoms in total. The number of nitrogens with zero attached hydrogens (tertiary/aromatic N) is 1. The van der Waals surface area contributed by atoms with Gasteiger partial charge in [0.1, 0.15) is 4.90 Å². The van der Waals surface area contributed by atoms with Crippen molar-refractivity contribution >= 4 is 27.8 Å². The number of hydrogen-bond donors (Lipinski definition) is 2. The summed E-state index contributed by atoms with van der Waals surface area (Å²) in [5, 5.41) is 8.84. The van der Waals surface area contributed by atoms with E-state index in [2.05, 4.69) is 0 Å². The van der Waals surface area contributed by atoms with Crippen LogP contribution in [0, 0.1) is 0 Å². The molecule has 1 aliphatic rings. The van der Waals surface area contributed by atoms with E-state index in [4.69, 9.17) is 10.8 Å². The van der Waals surface area contributed by atoms with Gasteiger partial charge in [0.2, 0.25) is 5.91 Å². The molecule has 0 radical (unpaired) electrons. The first-order valence-corrected chi connectivity index (χ1v) is 6.92. The average molecular weight is 298 g/mol. The van der Waals surface area contributed by atoms with Crippen LogP contribution >= 0.6 is 0 Å². The molecule has 2 amide bonds.